The van der Waals surface area contributed by atoms with Gasteiger partial charge in [-0.1, -0.05) is 15.9 Å². The van der Waals surface area contributed by atoms with Gasteiger partial charge in [-0.3, -0.25) is 4.79 Å². The van der Waals surface area contributed by atoms with Crippen molar-refractivity contribution in [3.05, 3.63) is 33.2 Å². The Labute approximate surface area is 94.6 Å². The summed E-state index contributed by atoms with van der Waals surface area (Å²) in [7, 11) is 0. The summed E-state index contributed by atoms with van der Waals surface area (Å²) in [5.41, 5.74) is -4.57. The summed E-state index contributed by atoms with van der Waals surface area (Å²) in [6, 6.07) is 0. The summed E-state index contributed by atoms with van der Waals surface area (Å²) in [4.78, 5) is 12.6. The standard InChI is InChI=1S/C8H5BrF5NO/c9-1-3-4(6(10)11)2-15-7(16)5(3)8(12,13)14/h2,6H,1H2,(H,15,16). The number of hydrogen-bond acceptors (Lipinski definition) is 1. The third kappa shape index (κ3) is 2.42. The van der Waals surface area contributed by atoms with Crippen molar-refractivity contribution in [1.29, 1.82) is 0 Å². The third-order valence-electron chi connectivity index (χ3n) is 1.89. The van der Waals surface area contributed by atoms with Crippen molar-refractivity contribution < 1.29 is 22.0 Å². The van der Waals surface area contributed by atoms with Crippen LogP contribution in [0, 0.1) is 0 Å². The predicted molar refractivity (Wildman–Crippen MR) is 49.7 cm³/mol. The van der Waals surface area contributed by atoms with Gasteiger partial charge in [0.05, 0.1) is 0 Å². The topological polar surface area (TPSA) is 32.9 Å². The lowest BCUT2D eigenvalue weighted by atomic mass is 10.1. The Balaban J connectivity index is 3.58. The van der Waals surface area contributed by atoms with Gasteiger partial charge in [-0.15, -0.1) is 0 Å². The number of aromatic amines is 1. The number of nitrogens with one attached hydrogen (secondary N) is 1. The molecule has 0 aromatic carbocycles. The quantitative estimate of drug-likeness (QED) is 0.660. The molecule has 0 aliphatic carbocycles. The van der Waals surface area contributed by atoms with E-state index >= 15 is 0 Å². The molecule has 90 valence electrons. The molecule has 0 radical (unpaired) electrons. The maximum Gasteiger partial charge on any atom is 0.422 e. The van der Waals surface area contributed by atoms with Crippen LogP contribution in [0.3, 0.4) is 0 Å². The van der Waals surface area contributed by atoms with Crippen LogP contribution in [0.15, 0.2) is 11.0 Å². The molecule has 1 aromatic rings. The lowest BCUT2D eigenvalue weighted by Gasteiger charge is -2.13. The zero-order chi connectivity index (χ0) is 12.5. The van der Waals surface area contributed by atoms with Crippen molar-refractivity contribution in [2.24, 2.45) is 0 Å². The molecule has 0 unspecified atom stereocenters. The second-order valence-corrected chi connectivity index (χ2v) is 3.42. The Morgan fingerprint density at radius 2 is 1.94 bits per heavy atom. The summed E-state index contributed by atoms with van der Waals surface area (Å²) in [6.07, 6.45) is -7.44. The first-order valence-corrected chi connectivity index (χ1v) is 5.07. The Morgan fingerprint density at radius 1 is 1.38 bits per heavy atom. The van der Waals surface area contributed by atoms with Crippen molar-refractivity contribution in [2.75, 3.05) is 0 Å². The minimum atomic E-state index is -4.96. The molecule has 1 rings (SSSR count). The van der Waals surface area contributed by atoms with Gasteiger partial charge in [0.2, 0.25) is 0 Å². The summed E-state index contributed by atoms with van der Waals surface area (Å²) >= 11 is 2.67. The Morgan fingerprint density at radius 3 is 2.31 bits per heavy atom. The zero-order valence-corrected chi connectivity index (χ0v) is 9.12. The van der Waals surface area contributed by atoms with Crippen molar-refractivity contribution in [2.45, 2.75) is 17.9 Å². The SMILES string of the molecule is O=c1[nH]cc(C(F)F)c(CBr)c1C(F)(F)F. The fourth-order valence-electron chi connectivity index (χ4n) is 1.22. The number of pyridine rings is 1. The van der Waals surface area contributed by atoms with Crippen LogP contribution in [-0.2, 0) is 11.5 Å². The lowest BCUT2D eigenvalue weighted by Crippen LogP contribution is -2.25. The number of aromatic nitrogens is 1. The summed E-state index contributed by atoms with van der Waals surface area (Å²) < 4.78 is 62.2. The van der Waals surface area contributed by atoms with Gasteiger partial charge in [0.15, 0.2) is 0 Å². The molecule has 2 nitrogen and oxygen atoms in total. The molecule has 1 aromatic heterocycles. The molecule has 0 saturated heterocycles. The van der Waals surface area contributed by atoms with Crippen LogP contribution in [0.4, 0.5) is 22.0 Å². The zero-order valence-electron chi connectivity index (χ0n) is 7.54. The van der Waals surface area contributed by atoms with Gasteiger partial charge in [0, 0.05) is 17.1 Å². The van der Waals surface area contributed by atoms with E-state index in [1.807, 2.05) is 0 Å². The Kier molecular flexibility index (Phi) is 3.72. The van der Waals surface area contributed by atoms with Crippen LogP contribution in [0.25, 0.3) is 0 Å². The Bertz CT molecular complexity index is 439. The highest BCUT2D eigenvalue weighted by molar-refractivity contribution is 9.08. The number of hydrogen-bond donors (Lipinski definition) is 1. The lowest BCUT2D eigenvalue weighted by molar-refractivity contribution is -0.139. The number of H-pyrrole nitrogens is 1. The molecular weight excluding hydrogens is 301 g/mol. The van der Waals surface area contributed by atoms with Gasteiger partial charge in [-0.05, 0) is 5.56 Å². The van der Waals surface area contributed by atoms with Crippen molar-refractivity contribution in [3.63, 3.8) is 0 Å². The second kappa shape index (κ2) is 4.52. The van der Waals surface area contributed by atoms with Crippen LogP contribution in [-0.4, -0.2) is 4.98 Å². The highest BCUT2D eigenvalue weighted by Gasteiger charge is 2.38. The predicted octanol–water partition coefficient (Wildman–Crippen LogP) is 3.23. The molecule has 0 bridgehead atoms. The fourth-order valence-corrected chi connectivity index (χ4v) is 1.83. The maximum absolute atomic E-state index is 12.5. The van der Waals surface area contributed by atoms with Gasteiger partial charge in [0.1, 0.15) is 5.56 Å². The minimum absolute atomic E-state index is 0.467. The van der Waals surface area contributed by atoms with Crippen LogP contribution in [0.2, 0.25) is 0 Å². The fraction of sp³-hybridized carbons (Fsp3) is 0.375. The van der Waals surface area contributed by atoms with Crippen LogP contribution in [0.1, 0.15) is 23.1 Å². The van der Waals surface area contributed by atoms with E-state index in [2.05, 4.69) is 15.9 Å². The molecule has 0 saturated carbocycles. The van der Waals surface area contributed by atoms with Gasteiger partial charge < -0.3 is 4.98 Å². The van der Waals surface area contributed by atoms with E-state index in [0.717, 1.165) is 0 Å². The first kappa shape index (κ1) is 13.1. The van der Waals surface area contributed by atoms with E-state index in [-0.39, 0.29) is 0 Å². The largest absolute Gasteiger partial charge is 0.422 e. The smallest absolute Gasteiger partial charge is 0.328 e. The van der Waals surface area contributed by atoms with Crippen LogP contribution < -0.4 is 5.56 Å². The molecule has 0 aliphatic heterocycles. The van der Waals surface area contributed by atoms with E-state index in [9.17, 15) is 26.7 Å². The second-order valence-electron chi connectivity index (χ2n) is 2.86. The first-order valence-electron chi connectivity index (χ1n) is 3.94. The average molecular weight is 306 g/mol. The van der Waals surface area contributed by atoms with Crippen molar-refractivity contribution >= 4 is 15.9 Å². The number of alkyl halides is 6. The number of halogens is 6. The molecule has 0 amide bonds. The Hall–Kier alpha value is -0.920. The molecule has 0 spiro atoms. The van der Waals surface area contributed by atoms with Crippen molar-refractivity contribution in [3.8, 4) is 0 Å². The van der Waals surface area contributed by atoms with Gasteiger partial charge in [0.25, 0.3) is 12.0 Å². The average Bonchev–Trinajstić information content (AvgIpc) is 2.14. The molecule has 1 N–H and O–H groups in total. The van der Waals surface area contributed by atoms with Crippen LogP contribution >= 0.6 is 15.9 Å². The monoisotopic (exact) mass is 305 g/mol. The maximum atomic E-state index is 12.5. The van der Waals surface area contributed by atoms with Gasteiger partial charge in [-0.25, -0.2) is 8.78 Å². The normalized spacial score (nSPS) is 12.2. The summed E-state index contributed by atoms with van der Waals surface area (Å²) in [5.74, 6) is 0. The van der Waals surface area contributed by atoms with E-state index in [1.54, 1.807) is 4.98 Å². The van der Waals surface area contributed by atoms with Crippen LogP contribution in [0.5, 0.6) is 0 Å². The molecule has 0 fully saturated rings. The molecule has 1 heterocycles. The van der Waals surface area contributed by atoms with E-state index in [4.69, 9.17) is 0 Å². The molecule has 8 heteroatoms. The van der Waals surface area contributed by atoms with Crippen molar-refractivity contribution in [1.82, 2.24) is 4.98 Å². The van der Waals surface area contributed by atoms with E-state index < -0.39 is 40.2 Å². The first-order chi connectivity index (χ1) is 7.29. The summed E-state index contributed by atoms with van der Waals surface area (Å²) in [5, 5.41) is -0.467. The molecule has 0 atom stereocenters. The van der Waals surface area contributed by atoms with Gasteiger partial charge >= 0.3 is 6.18 Å². The molecule has 0 aliphatic rings. The molecular formula is C8H5BrF5NO. The highest BCUT2D eigenvalue weighted by atomic mass is 79.9. The number of rotatable bonds is 2. The highest BCUT2D eigenvalue weighted by Crippen LogP contribution is 2.34. The van der Waals surface area contributed by atoms with Gasteiger partial charge in [-0.2, -0.15) is 13.2 Å². The summed E-state index contributed by atoms with van der Waals surface area (Å²) in [6.45, 7) is 0. The van der Waals surface area contributed by atoms with E-state index in [1.165, 1.54) is 0 Å². The minimum Gasteiger partial charge on any atom is -0.328 e. The molecule has 16 heavy (non-hydrogen) atoms. The third-order valence-corrected chi connectivity index (χ3v) is 2.45. The van der Waals surface area contributed by atoms with E-state index in [0.29, 0.717) is 6.20 Å².